The molecule has 2 amide bonds. The minimum atomic E-state index is -0.225. The van der Waals surface area contributed by atoms with Crippen molar-refractivity contribution >= 4 is 58.8 Å². The topological polar surface area (TPSA) is 67.6 Å². The van der Waals surface area contributed by atoms with E-state index in [9.17, 15) is 9.59 Å². The predicted octanol–water partition coefficient (Wildman–Crippen LogP) is 4.76. The molecule has 4 rings (SSSR count). The Morgan fingerprint density at radius 2 is 1.93 bits per heavy atom. The zero-order valence-electron chi connectivity index (χ0n) is 15.4. The predicted molar refractivity (Wildman–Crippen MR) is 119 cm³/mol. The molecule has 0 unspecified atom stereocenters. The van der Waals surface area contributed by atoms with Crippen molar-refractivity contribution < 1.29 is 9.59 Å². The van der Waals surface area contributed by atoms with Crippen molar-refractivity contribution in [2.24, 2.45) is 0 Å². The van der Waals surface area contributed by atoms with E-state index in [0.29, 0.717) is 17.1 Å². The number of fused-ring (bicyclic) bond motifs is 1. The van der Waals surface area contributed by atoms with Crippen LogP contribution in [0.3, 0.4) is 0 Å². The Kier molecular flexibility index (Phi) is 7.35. The highest BCUT2D eigenvalue weighted by molar-refractivity contribution is 8.18. The molecule has 0 aliphatic carbocycles. The second kappa shape index (κ2) is 9.96. The second-order valence-electron chi connectivity index (χ2n) is 6.16. The molecule has 0 aromatic carbocycles. The molecule has 0 atom stereocenters. The van der Waals surface area contributed by atoms with Crippen LogP contribution in [-0.4, -0.2) is 42.7 Å². The first-order valence-electron chi connectivity index (χ1n) is 8.94. The Morgan fingerprint density at radius 3 is 2.76 bits per heavy atom. The number of imidazole rings is 1. The number of thioether (sulfide) groups is 2. The Labute approximate surface area is 183 Å². The Balaban J connectivity index is 0.00000240. The van der Waals surface area contributed by atoms with Gasteiger partial charge in [-0.25, -0.2) is 4.98 Å². The summed E-state index contributed by atoms with van der Waals surface area (Å²) in [6.07, 6.45) is 8.77. The molecule has 0 spiro atoms. The molecule has 3 aromatic rings. The van der Waals surface area contributed by atoms with Crippen molar-refractivity contribution in [1.82, 2.24) is 19.3 Å². The number of unbranched alkanes of at least 4 members (excludes halogenated alkanes) is 1. The zero-order chi connectivity index (χ0) is 19.3. The monoisotopic (exact) mass is 446 g/mol. The number of nitrogens with zero attached hydrogens (tertiary/aromatic N) is 4. The first-order chi connectivity index (χ1) is 13.7. The van der Waals surface area contributed by atoms with E-state index >= 15 is 0 Å². The number of aromatic nitrogens is 3. The van der Waals surface area contributed by atoms with Gasteiger partial charge in [-0.15, -0.1) is 24.2 Å². The lowest BCUT2D eigenvalue weighted by molar-refractivity contribution is -0.122. The summed E-state index contributed by atoms with van der Waals surface area (Å²) in [5.74, 6) is 0.689. The van der Waals surface area contributed by atoms with Gasteiger partial charge in [-0.2, -0.15) is 0 Å². The summed E-state index contributed by atoms with van der Waals surface area (Å²) in [4.78, 5) is 34.9. The van der Waals surface area contributed by atoms with Gasteiger partial charge in [0.05, 0.1) is 15.6 Å². The van der Waals surface area contributed by atoms with Gasteiger partial charge in [-0.1, -0.05) is 12.1 Å². The zero-order valence-corrected chi connectivity index (χ0v) is 17.9. The molecule has 0 saturated carbocycles. The lowest BCUT2D eigenvalue weighted by Gasteiger charge is -2.12. The van der Waals surface area contributed by atoms with Crippen LogP contribution in [0.25, 0.3) is 11.7 Å². The third-order valence-electron chi connectivity index (χ3n) is 4.26. The number of pyridine rings is 2. The van der Waals surface area contributed by atoms with E-state index in [1.165, 1.54) is 4.90 Å². The molecule has 6 nitrogen and oxygen atoms in total. The number of rotatable bonds is 7. The molecule has 29 heavy (non-hydrogen) atoms. The van der Waals surface area contributed by atoms with Gasteiger partial charge in [0, 0.05) is 25.1 Å². The van der Waals surface area contributed by atoms with Crippen LogP contribution < -0.4 is 0 Å². The minimum Gasteiger partial charge on any atom is -0.294 e. The van der Waals surface area contributed by atoms with Crippen molar-refractivity contribution in [3.05, 3.63) is 65.6 Å². The van der Waals surface area contributed by atoms with Crippen LogP contribution in [0, 0.1) is 0 Å². The first kappa shape index (κ1) is 21.4. The lowest BCUT2D eigenvalue weighted by Crippen LogP contribution is -2.29. The SMILES string of the molecule is Cl.O=C1S/C(=C\c2ccccn2)C(=O)N1CCCCSc1cccc2nccn12. The van der Waals surface area contributed by atoms with Gasteiger partial charge in [0.15, 0.2) is 0 Å². The molecule has 1 aliphatic heterocycles. The average Bonchev–Trinajstić information content (AvgIpc) is 3.29. The van der Waals surface area contributed by atoms with E-state index in [0.717, 1.165) is 41.0 Å². The highest BCUT2D eigenvalue weighted by atomic mass is 35.5. The summed E-state index contributed by atoms with van der Waals surface area (Å²) in [6, 6.07) is 11.5. The molecular weight excluding hydrogens is 428 g/mol. The maximum Gasteiger partial charge on any atom is 0.293 e. The Morgan fingerprint density at radius 1 is 1.03 bits per heavy atom. The summed E-state index contributed by atoms with van der Waals surface area (Å²) in [6.45, 7) is 0.445. The quantitative estimate of drug-likeness (QED) is 0.296. The molecular formula is C20H19ClN4O2S2. The van der Waals surface area contributed by atoms with Gasteiger partial charge in [0.25, 0.3) is 11.1 Å². The van der Waals surface area contributed by atoms with Crippen molar-refractivity contribution in [2.45, 2.75) is 17.9 Å². The first-order valence-corrected chi connectivity index (χ1v) is 10.7. The molecule has 150 valence electrons. The third kappa shape index (κ3) is 5.01. The van der Waals surface area contributed by atoms with E-state index in [1.807, 2.05) is 36.5 Å². The van der Waals surface area contributed by atoms with Gasteiger partial charge in [0.2, 0.25) is 0 Å². The van der Waals surface area contributed by atoms with E-state index in [-0.39, 0.29) is 23.6 Å². The minimum absolute atomic E-state index is 0. The highest BCUT2D eigenvalue weighted by Crippen LogP contribution is 2.32. The van der Waals surface area contributed by atoms with Crippen molar-refractivity contribution in [2.75, 3.05) is 12.3 Å². The third-order valence-corrected chi connectivity index (χ3v) is 6.29. The van der Waals surface area contributed by atoms with Gasteiger partial charge >= 0.3 is 0 Å². The fraction of sp³-hybridized carbons (Fsp3) is 0.200. The Bertz CT molecular complexity index is 1040. The van der Waals surface area contributed by atoms with E-state index in [1.54, 1.807) is 30.2 Å². The molecule has 0 bridgehead atoms. The van der Waals surface area contributed by atoms with Crippen LogP contribution in [0.5, 0.6) is 0 Å². The molecule has 1 aliphatic rings. The number of hydrogen-bond donors (Lipinski definition) is 0. The van der Waals surface area contributed by atoms with Crippen LogP contribution in [0.1, 0.15) is 18.5 Å². The second-order valence-corrected chi connectivity index (χ2v) is 8.27. The Hall–Kier alpha value is -2.29. The van der Waals surface area contributed by atoms with Crippen LogP contribution in [0.2, 0.25) is 0 Å². The average molecular weight is 447 g/mol. The highest BCUT2D eigenvalue weighted by Gasteiger charge is 2.34. The molecule has 3 aromatic heterocycles. The maximum atomic E-state index is 12.5. The lowest BCUT2D eigenvalue weighted by atomic mass is 10.3. The van der Waals surface area contributed by atoms with Crippen LogP contribution in [0.15, 0.2) is 64.9 Å². The summed E-state index contributed by atoms with van der Waals surface area (Å²) >= 11 is 2.73. The fourth-order valence-electron chi connectivity index (χ4n) is 2.88. The molecule has 0 radical (unpaired) electrons. The van der Waals surface area contributed by atoms with Crippen molar-refractivity contribution in [3.8, 4) is 0 Å². The van der Waals surface area contributed by atoms with Gasteiger partial charge in [-0.05, 0) is 60.7 Å². The number of halogens is 1. The van der Waals surface area contributed by atoms with E-state index in [2.05, 4.69) is 20.4 Å². The van der Waals surface area contributed by atoms with Gasteiger partial charge in [0.1, 0.15) is 5.65 Å². The summed E-state index contributed by atoms with van der Waals surface area (Å²) in [7, 11) is 0. The molecule has 4 heterocycles. The molecule has 0 N–H and O–H groups in total. The van der Waals surface area contributed by atoms with E-state index in [4.69, 9.17) is 0 Å². The molecule has 1 saturated heterocycles. The van der Waals surface area contributed by atoms with Crippen LogP contribution in [-0.2, 0) is 4.79 Å². The normalized spacial score (nSPS) is 15.3. The van der Waals surface area contributed by atoms with Crippen molar-refractivity contribution in [3.63, 3.8) is 0 Å². The summed E-state index contributed by atoms with van der Waals surface area (Å²) < 4.78 is 2.06. The standard InChI is InChI=1S/C20H18N4O2S2.ClH/c25-19-16(14-15-6-1-2-9-21-15)28-20(26)24(19)11-3-4-13-27-18-8-5-7-17-22-10-12-23(17)18;/h1-2,5-10,12,14H,3-4,11,13H2;1H/b16-14-;. The van der Waals surface area contributed by atoms with Gasteiger partial charge < -0.3 is 0 Å². The number of amides is 2. The smallest absolute Gasteiger partial charge is 0.293 e. The van der Waals surface area contributed by atoms with Gasteiger partial charge in [-0.3, -0.25) is 23.9 Å². The fourth-order valence-corrected chi connectivity index (χ4v) is 4.75. The molecule has 1 fully saturated rings. The summed E-state index contributed by atoms with van der Waals surface area (Å²) in [5.41, 5.74) is 1.61. The number of hydrogen-bond acceptors (Lipinski definition) is 6. The largest absolute Gasteiger partial charge is 0.294 e. The molecule has 9 heteroatoms. The van der Waals surface area contributed by atoms with Crippen LogP contribution in [0.4, 0.5) is 4.79 Å². The van der Waals surface area contributed by atoms with Crippen LogP contribution >= 0.6 is 35.9 Å². The van der Waals surface area contributed by atoms with Crippen molar-refractivity contribution in [1.29, 1.82) is 0 Å². The number of imide groups is 1. The maximum absolute atomic E-state index is 12.5. The number of carbonyl (C=O) groups excluding carboxylic acids is 2. The van der Waals surface area contributed by atoms with E-state index < -0.39 is 0 Å². The summed E-state index contributed by atoms with van der Waals surface area (Å²) in [5, 5.41) is 0.933. The number of carbonyl (C=O) groups is 2.